The second kappa shape index (κ2) is 3.54. The van der Waals surface area contributed by atoms with Crippen molar-refractivity contribution >= 4 is 11.6 Å². The molecule has 0 bridgehead atoms. The zero-order valence-electron chi connectivity index (χ0n) is 5.71. The van der Waals surface area contributed by atoms with Crippen molar-refractivity contribution in [1.82, 2.24) is 10.3 Å². The number of nitrogens with zero attached hydrogens (tertiary/aromatic N) is 1. The molecule has 1 heterocycles. The first kappa shape index (κ1) is 7.51. The van der Waals surface area contributed by atoms with Gasteiger partial charge in [0.15, 0.2) is 0 Å². The van der Waals surface area contributed by atoms with Crippen LogP contribution in [0.5, 0.6) is 0 Å². The van der Waals surface area contributed by atoms with Crippen molar-refractivity contribution in [3.8, 4) is 0 Å². The Morgan fingerprint density at radius 1 is 1.60 bits per heavy atom. The topological polar surface area (TPSA) is 24.9 Å². The van der Waals surface area contributed by atoms with E-state index in [2.05, 4.69) is 10.3 Å². The lowest BCUT2D eigenvalue weighted by Gasteiger charge is -2.04. The van der Waals surface area contributed by atoms with Gasteiger partial charge in [-0.15, -0.1) is 0 Å². The lowest BCUT2D eigenvalue weighted by atomic mass is 10.3. The van der Waals surface area contributed by atoms with Gasteiger partial charge in [0.2, 0.25) is 0 Å². The minimum atomic E-state index is -0.179. The fourth-order valence-electron chi connectivity index (χ4n) is 0.674. The predicted octanol–water partition coefficient (Wildman–Crippen LogP) is 1.54. The molecule has 54 valence electrons. The summed E-state index contributed by atoms with van der Waals surface area (Å²) in [6, 6.07) is 5.66. The Kier molecular flexibility index (Phi) is 2.66. The highest BCUT2D eigenvalue weighted by Gasteiger charge is 2.02. The summed E-state index contributed by atoms with van der Waals surface area (Å²) in [5.41, 5.74) is 0.674. The Balaban J connectivity index is 2.75. The lowest BCUT2D eigenvalue weighted by Crippen LogP contribution is -2.10. The molecule has 0 fully saturated rings. The Morgan fingerprint density at radius 3 is 2.90 bits per heavy atom. The summed E-state index contributed by atoms with van der Waals surface area (Å²) in [6.07, 6.45) is 1.72. The van der Waals surface area contributed by atoms with Crippen LogP contribution < -0.4 is 5.32 Å². The van der Waals surface area contributed by atoms with Crippen LogP contribution in [0.1, 0.15) is 11.2 Å². The summed E-state index contributed by atoms with van der Waals surface area (Å²) in [6.45, 7) is 0. The fourth-order valence-corrected chi connectivity index (χ4v) is 0.803. The van der Waals surface area contributed by atoms with E-state index in [9.17, 15) is 0 Å². The molecule has 0 aromatic carbocycles. The molecule has 1 N–H and O–H groups in total. The third kappa shape index (κ3) is 1.69. The van der Waals surface area contributed by atoms with E-state index in [1.165, 1.54) is 0 Å². The molecular weight excluding hydrogens is 148 g/mol. The molecule has 0 aliphatic heterocycles. The maximum absolute atomic E-state index is 5.82. The lowest BCUT2D eigenvalue weighted by molar-refractivity contribution is 0.758. The molecule has 0 amide bonds. The summed E-state index contributed by atoms with van der Waals surface area (Å²) < 4.78 is 0. The highest BCUT2D eigenvalue weighted by atomic mass is 35.5. The first-order valence-corrected chi connectivity index (χ1v) is 3.50. The SMILES string of the molecule is CNC(Cl)c1ccccn1. The van der Waals surface area contributed by atoms with Crippen LogP contribution in [0.15, 0.2) is 24.4 Å². The number of halogens is 1. The van der Waals surface area contributed by atoms with Crippen molar-refractivity contribution in [2.45, 2.75) is 5.50 Å². The molecule has 1 unspecified atom stereocenters. The number of alkyl halides is 1. The number of rotatable bonds is 2. The van der Waals surface area contributed by atoms with Crippen molar-refractivity contribution in [1.29, 1.82) is 0 Å². The first-order chi connectivity index (χ1) is 4.84. The van der Waals surface area contributed by atoms with Gasteiger partial charge in [-0.1, -0.05) is 17.7 Å². The summed E-state index contributed by atoms with van der Waals surface area (Å²) in [5.74, 6) is 0. The molecule has 2 nitrogen and oxygen atoms in total. The maximum Gasteiger partial charge on any atom is 0.125 e. The third-order valence-electron chi connectivity index (χ3n) is 1.20. The predicted molar refractivity (Wildman–Crippen MR) is 41.9 cm³/mol. The third-order valence-corrected chi connectivity index (χ3v) is 1.64. The quantitative estimate of drug-likeness (QED) is 0.519. The Bertz CT molecular complexity index is 188. The molecule has 0 spiro atoms. The first-order valence-electron chi connectivity index (χ1n) is 3.07. The molecule has 0 saturated carbocycles. The van der Waals surface area contributed by atoms with Gasteiger partial charge in [-0.2, -0.15) is 0 Å². The van der Waals surface area contributed by atoms with Crippen molar-refractivity contribution in [2.75, 3.05) is 7.05 Å². The molecule has 10 heavy (non-hydrogen) atoms. The number of hydrogen-bond acceptors (Lipinski definition) is 2. The molecule has 0 aliphatic carbocycles. The van der Waals surface area contributed by atoms with Gasteiger partial charge in [-0.3, -0.25) is 10.3 Å². The van der Waals surface area contributed by atoms with E-state index in [-0.39, 0.29) is 5.50 Å². The molecule has 1 aromatic heterocycles. The summed E-state index contributed by atoms with van der Waals surface area (Å²) >= 11 is 5.82. The van der Waals surface area contributed by atoms with E-state index in [0.29, 0.717) is 0 Å². The van der Waals surface area contributed by atoms with Crippen molar-refractivity contribution in [2.24, 2.45) is 0 Å². The van der Waals surface area contributed by atoms with Crippen LogP contribution >= 0.6 is 11.6 Å². The Morgan fingerprint density at radius 2 is 2.40 bits per heavy atom. The molecule has 1 rings (SSSR count). The molecule has 0 radical (unpaired) electrons. The average molecular weight is 157 g/mol. The van der Waals surface area contributed by atoms with Crippen molar-refractivity contribution in [3.05, 3.63) is 30.1 Å². The standard InChI is InChI=1S/C7H9ClN2/c1-9-7(8)6-4-2-3-5-10-6/h2-5,7,9H,1H3. The fraction of sp³-hybridized carbons (Fsp3) is 0.286. The Hall–Kier alpha value is -0.600. The molecule has 0 aliphatic rings. The van der Waals surface area contributed by atoms with Crippen LogP contribution in [-0.4, -0.2) is 12.0 Å². The van der Waals surface area contributed by atoms with Crippen LogP contribution in [0.3, 0.4) is 0 Å². The normalized spacial score (nSPS) is 13.0. The zero-order valence-corrected chi connectivity index (χ0v) is 6.47. The second-order valence-corrected chi connectivity index (χ2v) is 2.34. The van der Waals surface area contributed by atoms with Crippen LogP contribution in [0.4, 0.5) is 0 Å². The number of aromatic nitrogens is 1. The molecular formula is C7H9ClN2. The van der Waals surface area contributed by atoms with Crippen LogP contribution in [0.25, 0.3) is 0 Å². The molecule has 0 saturated heterocycles. The number of hydrogen-bond donors (Lipinski definition) is 1. The summed E-state index contributed by atoms with van der Waals surface area (Å²) in [4.78, 5) is 4.06. The smallest absolute Gasteiger partial charge is 0.125 e. The van der Waals surface area contributed by atoms with Gasteiger partial charge in [-0.05, 0) is 19.2 Å². The van der Waals surface area contributed by atoms with Gasteiger partial charge < -0.3 is 0 Å². The van der Waals surface area contributed by atoms with E-state index in [4.69, 9.17) is 11.6 Å². The van der Waals surface area contributed by atoms with Gasteiger partial charge in [-0.25, -0.2) is 0 Å². The molecule has 1 atom stereocenters. The number of nitrogens with one attached hydrogen (secondary N) is 1. The maximum atomic E-state index is 5.82. The monoisotopic (exact) mass is 156 g/mol. The van der Waals surface area contributed by atoms with Gasteiger partial charge in [0.25, 0.3) is 0 Å². The highest BCUT2D eigenvalue weighted by molar-refractivity contribution is 6.20. The minimum absolute atomic E-state index is 0.179. The highest BCUT2D eigenvalue weighted by Crippen LogP contribution is 2.11. The van der Waals surface area contributed by atoms with Gasteiger partial charge >= 0.3 is 0 Å². The van der Waals surface area contributed by atoms with Gasteiger partial charge in [0.1, 0.15) is 5.50 Å². The molecule has 3 heteroatoms. The average Bonchev–Trinajstić information content (AvgIpc) is 2.05. The van der Waals surface area contributed by atoms with Crippen molar-refractivity contribution < 1.29 is 0 Å². The zero-order chi connectivity index (χ0) is 7.40. The van der Waals surface area contributed by atoms with Gasteiger partial charge in [0.05, 0.1) is 5.69 Å². The van der Waals surface area contributed by atoms with Crippen LogP contribution in [0.2, 0.25) is 0 Å². The summed E-state index contributed by atoms with van der Waals surface area (Å²) in [7, 11) is 1.80. The van der Waals surface area contributed by atoms with Gasteiger partial charge in [0, 0.05) is 6.20 Å². The van der Waals surface area contributed by atoms with Crippen LogP contribution in [0, 0.1) is 0 Å². The van der Waals surface area contributed by atoms with E-state index in [1.54, 1.807) is 13.2 Å². The van der Waals surface area contributed by atoms with E-state index >= 15 is 0 Å². The minimum Gasteiger partial charge on any atom is -0.299 e. The van der Waals surface area contributed by atoms with E-state index < -0.39 is 0 Å². The largest absolute Gasteiger partial charge is 0.299 e. The second-order valence-electron chi connectivity index (χ2n) is 1.91. The van der Waals surface area contributed by atoms with E-state index in [1.807, 2.05) is 18.2 Å². The van der Waals surface area contributed by atoms with Crippen molar-refractivity contribution in [3.63, 3.8) is 0 Å². The number of pyridine rings is 1. The summed E-state index contributed by atoms with van der Waals surface area (Å²) in [5, 5.41) is 2.88. The van der Waals surface area contributed by atoms with Crippen LogP contribution in [-0.2, 0) is 0 Å². The Labute approximate surface area is 65.2 Å². The molecule has 1 aromatic rings. The van der Waals surface area contributed by atoms with E-state index in [0.717, 1.165) is 5.69 Å².